The first-order valence-corrected chi connectivity index (χ1v) is 5.36. The van der Waals surface area contributed by atoms with E-state index in [-0.39, 0.29) is 5.54 Å². The SMILES string of the molecule is CC(C)(C)N=C([Se])N1CCCC1. The molecule has 0 aromatic carbocycles. The molecule has 0 unspecified atom stereocenters. The Kier molecular flexibility index (Phi) is 3.19. The molecule has 69 valence electrons. The zero-order chi connectivity index (χ0) is 9.19. The van der Waals surface area contributed by atoms with E-state index < -0.39 is 0 Å². The van der Waals surface area contributed by atoms with E-state index in [1.165, 1.54) is 25.9 Å². The maximum atomic E-state index is 4.58. The second kappa shape index (κ2) is 3.80. The Bertz CT molecular complexity index is 175. The summed E-state index contributed by atoms with van der Waals surface area (Å²) in [5.41, 5.74) is 0.0448. The van der Waals surface area contributed by atoms with Gasteiger partial charge in [-0.05, 0) is 0 Å². The summed E-state index contributed by atoms with van der Waals surface area (Å²) in [6, 6.07) is 0. The van der Waals surface area contributed by atoms with Crippen molar-refractivity contribution in [2.45, 2.75) is 39.2 Å². The van der Waals surface area contributed by atoms with Crippen molar-refractivity contribution in [3.63, 3.8) is 0 Å². The molecule has 0 spiro atoms. The third-order valence-electron chi connectivity index (χ3n) is 1.81. The Balaban J connectivity index is 2.56. The van der Waals surface area contributed by atoms with Gasteiger partial charge in [0, 0.05) is 0 Å². The topological polar surface area (TPSA) is 15.6 Å². The van der Waals surface area contributed by atoms with Crippen LogP contribution in [0.2, 0.25) is 0 Å². The molecule has 12 heavy (non-hydrogen) atoms. The van der Waals surface area contributed by atoms with E-state index in [0.717, 1.165) is 4.73 Å². The van der Waals surface area contributed by atoms with Crippen LogP contribution >= 0.6 is 0 Å². The summed E-state index contributed by atoms with van der Waals surface area (Å²) in [4.78, 5) is 6.90. The van der Waals surface area contributed by atoms with Crippen LogP contribution in [0.5, 0.6) is 0 Å². The van der Waals surface area contributed by atoms with Gasteiger partial charge in [-0.15, -0.1) is 0 Å². The van der Waals surface area contributed by atoms with Crippen molar-refractivity contribution >= 4 is 20.7 Å². The van der Waals surface area contributed by atoms with Crippen LogP contribution in [0.25, 0.3) is 0 Å². The van der Waals surface area contributed by atoms with E-state index in [0.29, 0.717) is 0 Å². The minimum atomic E-state index is 0.0448. The Morgan fingerprint density at radius 1 is 1.25 bits per heavy atom. The van der Waals surface area contributed by atoms with Crippen molar-refractivity contribution < 1.29 is 0 Å². The van der Waals surface area contributed by atoms with Gasteiger partial charge in [0.1, 0.15) is 0 Å². The molecule has 0 bridgehead atoms. The molecule has 0 aromatic rings. The standard InChI is InChI=1S/C9H17N2Se/c1-9(2,3)10-8(12)11-6-4-5-7-11/h4-7H2,1-3H3. The van der Waals surface area contributed by atoms with Crippen LogP contribution in [-0.2, 0) is 0 Å². The number of amidine groups is 1. The van der Waals surface area contributed by atoms with Gasteiger partial charge >= 0.3 is 82.9 Å². The molecule has 1 heterocycles. The minimum absolute atomic E-state index is 0.0448. The predicted molar refractivity (Wildman–Crippen MR) is 53.7 cm³/mol. The van der Waals surface area contributed by atoms with Gasteiger partial charge in [0.15, 0.2) is 0 Å². The summed E-state index contributed by atoms with van der Waals surface area (Å²) in [7, 11) is 0. The molecule has 0 amide bonds. The van der Waals surface area contributed by atoms with Crippen molar-refractivity contribution in [2.24, 2.45) is 4.99 Å². The molecule has 0 aromatic heterocycles. The van der Waals surface area contributed by atoms with Crippen LogP contribution in [0.1, 0.15) is 33.6 Å². The van der Waals surface area contributed by atoms with Crippen molar-refractivity contribution in [3.05, 3.63) is 0 Å². The van der Waals surface area contributed by atoms with Crippen LogP contribution < -0.4 is 0 Å². The van der Waals surface area contributed by atoms with Gasteiger partial charge in [-0.1, -0.05) is 0 Å². The zero-order valence-corrected chi connectivity index (χ0v) is 9.84. The molecule has 0 atom stereocenters. The fourth-order valence-electron chi connectivity index (χ4n) is 1.27. The monoisotopic (exact) mass is 233 g/mol. The summed E-state index contributed by atoms with van der Waals surface area (Å²) in [5, 5.41) is 0. The fraction of sp³-hybridized carbons (Fsp3) is 0.889. The third-order valence-corrected chi connectivity index (χ3v) is 2.54. The second-order valence-electron chi connectivity index (χ2n) is 4.26. The van der Waals surface area contributed by atoms with E-state index in [2.05, 4.69) is 46.7 Å². The van der Waals surface area contributed by atoms with Crippen LogP contribution in [0, 0.1) is 0 Å². The van der Waals surface area contributed by atoms with Gasteiger partial charge in [-0.3, -0.25) is 0 Å². The van der Waals surface area contributed by atoms with Gasteiger partial charge < -0.3 is 0 Å². The number of nitrogens with zero attached hydrogens (tertiary/aromatic N) is 2. The molecule has 1 aliphatic rings. The van der Waals surface area contributed by atoms with Gasteiger partial charge in [-0.2, -0.15) is 0 Å². The van der Waals surface area contributed by atoms with E-state index in [1.54, 1.807) is 0 Å². The molecule has 0 aliphatic carbocycles. The number of hydrogen-bond donors (Lipinski definition) is 0. The zero-order valence-electron chi connectivity index (χ0n) is 8.13. The summed E-state index contributed by atoms with van der Waals surface area (Å²) >= 11 is 3.05. The Hall–Kier alpha value is -0.0105. The Morgan fingerprint density at radius 2 is 1.75 bits per heavy atom. The molecule has 1 rings (SSSR count). The maximum absolute atomic E-state index is 4.58. The van der Waals surface area contributed by atoms with E-state index >= 15 is 0 Å². The summed E-state index contributed by atoms with van der Waals surface area (Å²) in [6.07, 6.45) is 2.62. The molecule has 3 heteroatoms. The first-order valence-electron chi connectivity index (χ1n) is 4.51. The second-order valence-corrected chi connectivity index (χ2v) is 5.03. The van der Waals surface area contributed by atoms with Crippen molar-refractivity contribution in [1.29, 1.82) is 0 Å². The average Bonchev–Trinajstić information content (AvgIpc) is 2.32. The molecule has 1 aliphatic heterocycles. The molecular formula is C9H17N2Se. The molecule has 0 saturated carbocycles. The van der Waals surface area contributed by atoms with Gasteiger partial charge in [0.2, 0.25) is 0 Å². The third kappa shape index (κ3) is 3.16. The van der Waals surface area contributed by atoms with Gasteiger partial charge in [-0.25, -0.2) is 0 Å². The quantitative estimate of drug-likeness (QED) is 0.350. The molecule has 1 fully saturated rings. The number of rotatable bonds is 0. The number of likely N-dealkylation sites (tertiary alicyclic amines) is 1. The van der Waals surface area contributed by atoms with Crippen LogP contribution in [0.3, 0.4) is 0 Å². The van der Waals surface area contributed by atoms with E-state index in [9.17, 15) is 0 Å². The first-order chi connectivity index (χ1) is 5.49. The summed E-state index contributed by atoms with van der Waals surface area (Å²) in [6.45, 7) is 8.71. The normalized spacial score (nSPS) is 20.2. The van der Waals surface area contributed by atoms with Gasteiger partial charge in [0.05, 0.1) is 0 Å². The van der Waals surface area contributed by atoms with Crippen molar-refractivity contribution in [2.75, 3.05) is 13.1 Å². The molecule has 1 saturated heterocycles. The van der Waals surface area contributed by atoms with Crippen molar-refractivity contribution in [1.82, 2.24) is 4.90 Å². The predicted octanol–water partition coefficient (Wildman–Crippen LogP) is 1.41. The van der Waals surface area contributed by atoms with Crippen LogP contribution in [0.4, 0.5) is 0 Å². The van der Waals surface area contributed by atoms with E-state index in [1.807, 2.05) is 0 Å². The van der Waals surface area contributed by atoms with Gasteiger partial charge in [0.25, 0.3) is 0 Å². The Labute approximate surface area is 83.2 Å². The average molecular weight is 232 g/mol. The molecule has 1 radical (unpaired) electrons. The van der Waals surface area contributed by atoms with E-state index in [4.69, 9.17) is 0 Å². The molecule has 2 nitrogen and oxygen atoms in total. The van der Waals surface area contributed by atoms with Crippen LogP contribution in [0.15, 0.2) is 4.99 Å². The molecule has 0 N–H and O–H groups in total. The van der Waals surface area contributed by atoms with Crippen LogP contribution in [-0.4, -0.2) is 44.3 Å². The molecular weight excluding hydrogens is 215 g/mol. The Morgan fingerprint density at radius 3 is 2.17 bits per heavy atom. The summed E-state index contributed by atoms with van der Waals surface area (Å²) < 4.78 is 1.08. The van der Waals surface area contributed by atoms with Crippen molar-refractivity contribution in [3.8, 4) is 0 Å². The summed E-state index contributed by atoms with van der Waals surface area (Å²) in [5.74, 6) is 0. The number of aliphatic imine (C=N–C) groups is 1. The first kappa shape index (κ1) is 10.1. The fourth-order valence-corrected chi connectivity index (χ4v) is 2.22. The number of hydrogen-bond acceptors (Lipinski definition) is 1.